The summed E-state index contributed by atoms with van der Waals surface area (Å²) < 4.78 is 49.2. The maximum Gasteiger partial charge on any atom is 0.573 e. The number of aryl methyl sites for hydroxylation is 2. The van der Waals surface area contributed by atoms with Crippen molar-refractivity contribution in [3.05, 3.63) is 83.8 Å². The number of alkyl halides is 3. The number of ether oxygens (including phenoxy) is 2. The van der Waals surface area contributed by atoms with E-state index in [1.807, 2.05) is 6.20 Å². The van der Waals surface area contributed by atoms with Crippen LogP contribution >= 0.6 is 0 Å². The number of hydrogen-bond donors (Lipinski definition) is 0. The largest absolute Gasteiger partial charge is 0.573 e. The fraction of sp³-hybridized carbons (Fsp3) is 0.160. The average Bonchev–Trinajstić information content (AvgIpc) is 3.37. The molecule has 0 aliphatic rings. The number of fused-ring (bicyclic) bond motifs is 1. The minimum Gasteiger partial charge on any atom is -0.467 e. The Morgan fingerprint density at radius 3 is 2.27 bits per heavy atom. The highest BCUT2D eigenvalue weighted by Crippen LogP contribution is 2.27. The lowest BCUT2D eigenvalue weighted by Gasteiger charge is -2.10. The highest BCUT2D eigenvalue weighted by atomic mass is 19.4. The summed E-state index contributed by atoms with van der Waals surface area (Å²) >= 11 is 0. The Bertz CT molecular complexity index is 1600. The van der Waals surface area contributed by atoms with E-state index >= 15 is 0 Å². The molecule has 0 fully saturated rings. The van der Waals surface area contributed by atoms with E-state index < -0.39 is 6.36 Å². The molecule has 2 aromatic carbocycles. The highest BCUT2D eigenvalue weighted by Gasteiger charge is 2.31. The van der Waals surface area contributed by atoms with E-state index in [-0.39, 0.29) is 23.9 Å². The summed E-state index contributed by atoms with van der Waals surface area (Å²) in [6, 6.07) is 11.0. The monoisotopic (exact) mass is 508 g/mol. The highest BCUT2D eigenvalue weighted by molar-refractivity contribution is 5.86. The molecule has 0 spiro atoms. The third-order valence-electron chi connectivity index (χ3n) is 5.59. The average molecular weight is 508 g/mol. The van der Waals surface area contributed by atoms with Gasteiger partial charge >= 0.3 is 12.4 Å². The van der Waals surface area contributed by atoms with Gasteiger partial charge in [0.1, 0.15) is 5.75 Å². The number of hydrogen-bond acceptors (Lipinski definition) is 7. The van der Waals surface area contributed by atoms with Crippen LogP contribution in [0.2, 0.25) is 0 Å². The molecule has 188 valence electrons. The van der Waals surface area contributed by atoms with Gasteiger partial charge in [0.25, 0.3) is 5.56 Å². The maximum absolute atomic E-state index is 13.1. The number of benzene rings is 2. The van der Waals surface area contributed by atoms with Crippen LogP contribution in [0.3, 0.4) is 0 Å². The van der Waals surface area contributed by atoms with Crippen molar-refractivity contribution >= 4 is 10.8 Å². The molecule has 0 aliphatic heterocycles. The van der Waals surface area contributed by atoms with E-state index in [1.165, 1.54) is 36.1 Å². The molecule has 9 nitrogen and oxygen atoms in total. The lowest BCUT2D eigenvalue weighted by molar-refractivity contribution is -0.274. The van der Waals surface area contributed by atoms with E-state index in [1.54, 1.807) is 47.7 Å². The second kappa shape index (κ2) is 9.72. The van der Waals surface area contributed by atoms with Crippen LogP contribution in [-0.2, 0) is 13.1 Å². The summed E-state index contributed by atoms with van der Waals surface area (Å²) in [5.41, 5.74) is 2.63. The van der Waals surface area contributed by atoms with Crippen molar-refractivity contribution in [3.8, 4) is 34.0 Å². The molecule has 0 aliphatic carbocycles. The van der Waals surface area contributed by atoms with Crippen LogP contribution in [0.4, 0.5) is 13.2 Å². The van der Waals surface area contributed by atoms with Crippen molar-refractivity contribution in [1.29, 1.82) is 0 Å². The smallest absolute Gasteiger partial charge is 0.467 e. The second-order valence-electron chi connectivity index (χ2n) is 8.00. The van der Waals surface area contributed by atoms with Crippen LogP contribution in [0.15, 0.2) is 78.2 Å². The summed E-state index contributed by atoms with van der Waals surface area (Å²) in [6.07, 6.45) is 3.61. The molecule has 3 aromatic heterocycles. The summed E-state index contributed by atoms with van der Waals surface area (Å²) in [5.74, 6) is -0.315. The van der Waals surface area contributed by atoms with E-state index in [4.69, 9.17) is 4.74 Å². The fourth-order valence-electron chi connectivity index (χ4n) is 3.77. The van der Waals surface area contributed by atoms with Gasteiger partial charge in [0.05, 0.1) is 38.0 Å². The third kappa shape index (κ3) is 5.42. The van der Waals surface area contributed by atoms with Crippen molar-refractivity contribution in [3.63, 3.8) is 0 Å². The van der Waals surface area contributed by atoms with Crippen molar-refractivity contribution in [2.45, 2.75) is 19.5 Å². The molecule has 12 heteroatoms. The molecule has 0 bridgehead atoms. The molecule has 0 unspecified atom stereocenters. The lowest BCUT2D eigenvalue weighted by Crippen LogP contribution is -2.25. The lowest BCUT2D eigenvalue weighted by atomic mass is 10.0. The van der Waals surface area contributed by atoms with E-state index in [0.717, 1.165) is 11.1 Å². The SMILES string of the molecule is COc1ncc(-c2cnn(CCn3ncc4ccc(-c5ccc(OC(F)(F)F)cc5)cc4c3=O)c2)cn1. The van der Waals surface area contributed by atoms with Gasteiger partial charge in [0.2, 0.25) is 0 Å². The third-order valence-corrected chi connectivity index (χ3v) is 5.59. The Morgan fingerprint density at radius 2 is 1.57 bits per heavy atom. The van der Waals surface area contributed by atoms with Gasteiger partial charge in [-0.05, 0) is 29.3 Å². The molecule has 0 radical (unpaired) electrons. The van der Waals surface area contributed by atoms with E-state index in [9.17, 15) is 18.0 Å². The molecule has 3 heterocycles. The fourth-order valence-corrected chi connectivity index (χ4v) is 3.77. The Labute approximate surface area is 207 Å². The number of methoxy groups -OCH3 is 1. The number of rotatable bonds is 7. The molecule has 0 atom stereocenters. The van der Waals surface area contributed by atoms with Crippen molar-refractivity contribution < 1.29 is 22.6 Å². The van der Waals surface area contributed by atoms with Gasteiger partial charge in [-0.15, -0.1) is 13.2 Å². The minimum atomic E-state index is -4.76. The molecule has 5 rings (SSSR count). The van der Waals surface area contributed by atoms with Crippen molar-refractivity contribution in [2.24, 2.45) is 0 Å². The van der Waals surface area contributed by atoms with Gasteiger partial charge in [-0.3, -0.25) is 9.48 Å². The first kappa shape index (κ1) is 24.0. The molecule has 0 amide bonds. The summed E-state index contributed by atoms with van der Waals surface area (Å²) in [7, 11) is 1.49. The van der Waals surface area contributed by atoms with Crippen LogP contribution < -0.4 is 15.0 Å². The molecular formula is C25H19F3N6O3. The molecule has 5 aromatic rings. The van der Waals surface area contributed by atoms with Gasteiger partial charge in [-0.1, -0.05) is 24.3 Å². The first-order valence-electron chi connectivity index (χ1n) is 11.0. The Balaban J connectivity index is 1.33. The second-order valence-corrected chi connectivity index (χ2v) is 8.00. The summed E-state index contributed by atoms with van der Waals surface area (Å²) in [5, 5.41) is 9.69. The zero-order valence-corrected chi connectivity index (χ0v) is 19.4. The molecule has 37 heavy (non-hydrogen) atoms. The number of halogens is 3. The number of nitrogens with zero attached hydrogens (tertiary/aromatic N) is 6. The van der Waals surface area contributed by atoms with Gasteiger partial charge in [0.15, 0.2) is 0 Å². The number of aromatic nitrogens is 6. The quantitative estimate of drug-likeness (QED) is 0.323. The van der Waals surface area contributed by atoms with E-state index in [0.29, 0.717) is 28.4 Å². The Hall–Kier alpha value is -4.74. The zero-order valence-electron chi connectivity index (χ0n) is 19.4. The van der Waals surface area contributed by atoms with Crippen LogP contribution in [0.25, 0.3) is 33.0 Å². The molecule has 0 N–H and O–H groups in total. The van der Waals surface area contributed by atoms with Crippen molar-refractivity contribution in [2.75, 3.05) is 7.11 Å². The zero-order chi connectivity index (χ0) is 26.0. The van der Waals surface area contributed by atoms with Crippen molar-refractivity contribution in [1.82, 2.24) is 29.5 Å². The van der Waals surface area contributed by atoms with Gasteiger partial charge in [0, 0.05) is 35.1 Å². The Morgan fingerprint density at radius 1 is 0.838 bits per heavy atom. The van der Waals surface area contributed by atoms with Crippen LogP contribution in [0.5, 0.6) is 11.8 Å². The predicted molar refractivity (Wildman–Crippen MR) is 128 cm³/mol. The van der Waals surface area contributed by atoms with Gasteiger partial charge in [-0.25, -0.2) is 14.6 Å². The van der Waals surface area contributed by atoms with Gasteiger partial charge < -0.3 is 9.47 Å². The molecule has 0 saturated carbocycles. The van der Waals surface area contributed by atoms with Crippen LogP contribution in [-0.4, -0.2) is 43.0 Å². The van der Waals surface area contributed by atoms with Gasteiger partial charge in [-0.2, -0.15) is 10.2 Å². The molecular weight excluding hydrogens is 489 g/mol. The van der Waals surface area contributed by atoms with Crippen LogP contribution in [0.1, 0.15) is 0 Å². The first-order chi connectivity index (χ1) is 17.8. The topological polar surface area (TPSA) is 97.0 Å². The molecule has 0 saturated heterocycles. The van der Waals surface area contributed by atoms with Crippen LogP contribution in [0, 0.1) is 0 Å². The Kier molecular flexibility index (Phi) is 6.30. The van der Waals surface area contributed by atoms with E-state index in [2.05, 4.69) is 24.9 Å². The standard InChI is InChI=1S/C25H19F3N6O3/c1-36-24-29-11-19(12-30-24)20-14-31-33(15-20)8-9-34-23(35)22-10-17(2-3-18(22)13-32-34)16-4-6-21(7-5-16)37-25(26,27)28/h2-7,10-15H,8-9H2,1H3. The first-order valence-corrected chi connectivity index (χ1v) is 11.0. The minimum absolute atomic E-state index is 0.272. The summed E-state index contributed by atoms with van der Waals surface area (Å²) in [6.45, 7) is 0.679. The summed E-state index contributed by atoms with van der Waals surface area (Å²) in [4.78, 5) is 21.3. The predicted octanol–water partition coefficient (Wildman–Crippen LogP) is 4.32. The maximum atomic E-state index is 13.1. The normalized spacial score (nSPS) is 11.6.